The summed E-state index contributed by atoms with van der Waals surface area (Å²) in [5.74, 6) is 0.895. The van der Waals surface area contributed by atoms with Crippen molar-refractivity contribution in [1.29, 1.82) is 0 Å². The molecule has 0 aromatic carbocycles. The zero-order valence-corrected chi connectivity index (χ0v) is 13.7. The average Bonchev–Trinajstić information content (AvgIpc) is 2.88. The SMILES string of the molecule is CCC1CN(S(=O)(=O)c2ccc(CNC)s2)CCS1. The fourth-order valence-corrected chi connectivity index (χ4v) is 6.45. The Hall–Kier alpha value is -0.0800. The number of thiophene rings is 1. The van der Waals surface area contributed by atoms with Crippen LogP contribution in [-0.2, 0) is 16.6 Å². The van der Waals surface area contributed by atoms with Gasteiger partial charge in [0.05, 0.1) is 0 Å². The fraction of sp³-hybridized carbons (Fsp3) is 0.667. The highest BCUT2D eigenvalue weighted by molar-refractivity contribution is 8.00. The molecule has 0 saturated carbocycles. The summed E-state index contributed by atoms with van der Waals surface area (Å²) in [6, 6.07) is 3.62. The van der Waals surface area contributed by atoms with Gasteiger partial charge in [0.25, 0.3) is 10.0 Å². The summed E-state index contributed by atoms with van der Waals surface area (Å²) in [7, 11) is -1.43. The molecule has 0 aliphatic carbocycles. The Balaban J connectivity index is 2.16. The first-order valence-corrected chi connectivity index (χ1v) is 9.73. The molecule has 0 amide bonds. The lowest BCUT2D eigenvalue weighted by Crippen LogP contribution is -2.41. The molecule has 108 valence electrons. The lowest BCUT2D eigenvalue weighted by Gasteiger charge is -2.30. The van der Waals surface area contributed by atoms with E-state index in [4.69, 9.17) is 0 Å². The van der Waals surface area contributed by atoms with E-state index < -0.39 is 10.0 Å². The van der Waals surface area contributed by atoms with E-state index in [0.29, 0.717) is 29.1 Å². The Morgan fingerprint density at radius 2 is 2.26 bits per heavy atom. The number of sulfonamides is 1. The normalized spacial score (nSPS) is 21.7. The Morgan fingerprint density at radius 3 is 2.95 bits per heavy atom. The van der Waals surface area contributed by atoms with Crippen LogP contribution in [0.4, 0.5) is 0 Å². The molecule has 1 aromatic rings. The van der Waals surface area contributed by atoms with Crippen LogP contribution in [0.5, 0.6) is 0 Å². The molecule has 2 rings (SSSR count). The second-order valence-corrected chi connectivity index (χ2v) is 9.26. The van der Waals surface area contributed by atoms with Gasteiger partial charge in [-0.3, -0.25) is 0 Å². The smallest absolute Gasteiger partial charge is 0.252 e. The summed E-state index contributed by atoms with van der Waals surface area (Å²) in [5.41, 5.74) is 0. The van der Waals surface area contributed by atoms with E-state index in [9.17, 15) is 8.42 Å². The van der Waals surface area contributed by atoms with Crippen molar-refractivity contribution in [2.24, 2.45) is 0 Å². The zero-order chi connectivity index (χ0) is 13.9. The van der Waals surface area contributed by atoms with Crippen molar-refractivity contribution < 1.29 is 8.42 Å². The van der Waals surface area contributed by atoms with Gasteiger partial charge in [0.1, 0.15) is 4.21 Å². The minimum atomic E-state index is -3.29. The van der Waals surface area contributed by atoms with Gasteiger partial charge in [-0.1, -0.05) is 6.92 Å². The molecule has 1 aromatic heterocycles. The Kier molecular flexibility index (Phi) is 5.30. The summed E-state index contributed by atoms with van der Waals surface area (Å²) in [4.78, 5) is 1.06. The number of nitrogens with zero attached hydrogens (tertiary/aromatic N) is 1. The molecule has 1 aliphatic heterocycles. The maximum Gasteiger partial charge on any atom is 0.252 e. The Morgan fingerprint density at radius 1 is 1.47 bits per heavy atom. The highest BCUT2D eigenvalue weighted by atomic mass is 32.2. The quantitative estimate of drug-likeness (QED) is 0.901. The number of hydrogen-bond donors (Lipinski definition) is 1. The third kappa shape index (κ3) is 3.52. The first-order chi connectivity index (χ1) is 9.07. The highest BCUT2D eigenvalue weighted by Gasteiger charge is 2.30. The molecule has 1 unspecified atom stereocenters. The van der Waals surface area contributed by atoms with Crippen molar-refractivity contribution in [2.75, 3.05) is 25.9 Å². The van der Waals surface area contributed by atoms with Crippen molar-refractivity contribution in [3.05, 3.63) is 17.0 Å². The van der Waals surface area contributed by atoms with Gasteiger partial charge in [-0.15, -0.1) is 11.3 Å². The van der Waals surface area contributed by atoms with Crippen LogP contribution in [0.1, 0.15) is 18.2 Å². The summed E-state index contributed by atoms with van der Waals surface area (Å²) >= 11 is 3.25. The number of rotatable bonds is 5. The van der Waals surface area contributed by atoms with E-state index in [1.165, 1.54) is 11.3 Å². The molecule has 1 atom stereocenters. The minimum Gasteiger partial charge on any atom is -0.315 e. The number of hydrogen-bond acceptors (Lipinski definition) is 5. The lowest BCUT2D eigenvalue weighted by molar-refractivity contribution is 0.417. The van der Waals surface area contributed by atoms with Crippen molar-refractivity contribution in [2.45, 2.75) is 29.3 Å². The van der Waals surface area contributed by atoms with Gasteiger partial charge >= 0.3 is 0 Å². The van der Waals surface area contributed by atoms with E-state index >= 15 is 0 Å². The first kappa shape index (κ1) is 15.3. The molecule has 4 nitrogen and oxygen atoms in total. The highest BCUT2D eigenvalue weighted by Crippen LogP contribution is 2.29. The number of nitrogens with one attached hydrogen (secondary N) is 1. The molecule has 1 saturated heterocycles. The van der Waals surface area contributed by atoms with E-state index in [1.807, 2.05) is 24.9 Å². The molecule has 7 heteroatoms. The van der Waals surface area contributed by atoms with E-state index in [2.05, 4.69) is 12.2 Å². The fourth-order valence-electron chi connectivity index (χ4n) is 2.05. The zero-order valence-electron chi connectivity index (χ0n) is 11.3. The standard InChI is InChI=1S/C12H20N2O2S3/c1-3-10-9-14(6-7-17-10)19(15,16)12-5-4-11(18-12)8-13-2/h4-5,10,13H,3,6-9H2,1-2H3. The van der Waals surface area contributed by atoms with Gasteiger partial charge in [0.15, 0.2) is 0 Å². The van der Waals surface area contributed by atoms with Crippen LogP contribution >= 0.6 is 23.1 Å². The summed E-state index contributed by atoms with van der Waals surface area (Å²) in [6.45, 7) is 4.10. The van der Waals surface area contributed by atoms with Gasteiger partial charge in [-0.05, 0) is 25.6 Å². The van der Waals surface area contributed by atoms with Crippen LogP contribution in [0.2, 0.25) is 0 Å². The predicted molar refractivity (Wildman–Crippen MR) is 82.4 cm³/mol. The van der Waals surface area contributed by atoms with Crippen molar-refractivity contribution >= 4 is 33.1 Å². The summed E-state index contributed by atoms with van der Waals surface area (Å²) in [5, 5.41) is 3.47. The van der Waals surface area contributed by atoms with E-state index in [0.717, 1.165) is 17.1 Å². The molecule has 0 radical (unpaired) electrons. The topological polar surface area (TPSA) is 49.4 Å². The predicted octanol–water partition coefficient (Wildman–Crippen LogP) is 1.98. The molecule has 1 N–H and O–H groups in total. The maximum absolute atomic E-state index is 12.6. The van der Waals surface area contributed by atoms with Crippen LogP contribution in [-0.4, -0.2) is 43.9 Å². The Bertz CT molecular complexity index is 513. The van der Waals surface area contributed by atoms with Crippen LogP contribution < -0.4 is 5.32 Å². The average molecular weight is 321 g/mol. The van der Waals surface area contributed by atoms with Gasteiger partial charge < -0.3 is 5.32 Å². The largest absolute Gasteiger partial charge is 0.315 e. The maximum atomic E-state index is 12.6. The minimum absolute atomic E-state index is 0.431. The van der Waals surface area contributed by atoms with E-state index in [1.54, 1.807) is 10.4 Å². The van der Waals surface area contributed by atoms with Crippen LogP contribution in [0.25, 0.3) is 0 Å². The lowest BCUT2D eigenvalue weighted by atomic mass is 10.3. The van der Waals surface area contributed by atoms with Gasteiger partial charge in [-0.2, -0.15) is 16.1 Å². The number of thioether (sulfide) groups is 1. The molecule has 1 fully saturated rings. The summed E-state index contributed by atoms with van der Waals surface area (Å²) in [6.07, 6.45) is 1.02. The molecule has 0 bridgehead atoms. The molecule has 2 heterocycles. The summed E-state index contributed by atoms with van der Waals surface area (Å²) < 4.78 is 27.3. The van der Waals surface area contributed by atoms with Gasteiger partial charge in [-0.25, -0.2) is 8.42 Å². The van der Waals surface area contributed by atoms with Crippen molar-refractivity contribution in [3.63, 3.8) is 0 Å². The van der Waals surface area contributed by atoms with Crippen LogP contribution in [0.15, 0.2) is 16.3 Å². The molecule has 1 aliphatic rings. The van der Waals surface area contributed by atoms with E-state index in [-0.39, 0.29) is 0 Å². The van der Waals surface area contributed by atoms with Gasteiger partial charge in [0, 0.05) is 35.5 Å². The molecule has 19 heavy (non-hydrogen) atoms. The monoisotopic (exact) mass is 320 g/mol. The second kappa shape index (κ2) is 6.58. The third-order valence-electron chi connectivity index (χ3n) is 3.14. The second-order valence-electron chi connectivity index (χ2n) is 4.52. The van der Waals surface area contributed by atoms with Gasteiger partial charge in [0.2, 0.25) is 0 Å². The van der Waals surface area contributed by atoms with Crippen molar-refractivity contribution in [1.82, 2.24) is 9.62 Å². The van der Waals surface area contributed by atoms with Crippen molar-refractivity contribution in [3.8, 4) is 0 Å². The Labute approximate surface area is 123 Å². The molecule has 0 spiro atoms. The molecular weight excluding hydrogens is 300 g/mol. The first-order valence-electron chi connectivity index (χ1n) is 6.43. The van der Waals surface area contributed by atoms with Crippen LogP contribution in [0, 0.1) is 0 Å². The third-order valence-corrected chi connectivity index (χ3v) is 7.93. The molecular formula is C12H20N2O2S3. The van der Waals surface area contributed by atoms with Crippen LogP contribution in [0.3, 0.4) is 0 Å².